The predicted octanol–water partition coefficient (Wildman–Crippen LogP) is 2.13. The topological polar surface area (TPSA) is 87.7 Å². The van der Waals surface area contributed by atoms with Gasteiger partial charge in [-0.3, -0.25) is 20.4 Å². The van der Waals surface area contributed by atoms with Gasteiger partial charge in [-0.1, -0.05) is 28.1 Å². The number of ether oxygens (including phenoxy) is 1. The largest absolute Gasteiger partial charge is 0.507 e. The smallest absolute Gasteiger partial charge is 0.276 e. The molecule has 23 heavy (non-hydrogen) atoms. The van der Waals surface area contributed by atoms with Crippen molar-refractivity contribution in [2.45, 2.75) is 0 Å². The second-order valence-corrected chi connectivity index (χ2v) is 5.30. The van der Waals surface area contributed by atoms with Crippen molar-refractivity contribution in [3.05, 3.63) is 58.3 Å². The van der Waals surface area contributed by atoms with Crippen LogP contribution < -0.4 is 15.6 Å². The number of carbonyl (C=O) groups is 2. The molecule has 0 spiro atoms. The SMILES string of the molecule is O=C(COc1ccc(Br)cc1F)NNC(=O)c1ccccc1O. The fourth-order valence-corrected chi connectivity index (χ4v) is 1.96. The molecule has 0 aromatic heterocycles. The molecule has 0 saturated carbocycles. The van der Waals surface area contributed by atoms with Crippen LogP contribution in [0.15, 0.2) is 46.9 Å². The van der Waals surface area contributed by atoms with Gasteiger partial charge in [0.25, 0.3) is 11.8 Å². The number of amides is 2. The first-order valence-electron chi connectivity index (χ1n) is 6.42. The molecule has 6 nitrogen and oxygen atoms in total. The Labute approximate surface area is 139 Å². The van der Waals surface area contributed by atoms with E-state index in [1.165, 1.54) is 24.3 Å². The minimum Gasteiger partial charge on any atom is -0.507 e. The van der Waals surface area contributed by atoms with E-state index in [9.17, 15) is 19.1 Å². The lowest BCUT2D eigenvalue weighted by atomic mass is 10.2. The summed E-state index contributed by atoms with van der Waals surface area (Å²) in [5, 5.41) is 9.51. The van der Waals surface area contributed by atoms with E-state index in [1.54, 1.807) is 18.2 Å². The minimum absolute atomic E-state index is 0.00710. The first-order chi connectivity index (χ1) is 11.0. The third-order valence-electron chi connectivity index (χ3n) is 2.72. The zero-order valence-electron chi connectivity index (χ0n) is 11.7. The first kappa shape index (κ1) is 16.8. The summed E-state index contributed by atoms with van der Waals surface area (Å²) in [4.78, 5) is 23.3. The number of carbonyl (C=O) groups excluding carboxylic acids is 2. The average Bonchev–Trinajstić information content (AvgIpc) is 2.52. The molecule has 0 aliphatic rings. The quantitative estimate of drug-likeness (QED) is 0.706. The van der Waals surface area contributed by atoms with Gasteiger partial charge in [0.2, 0.25) is 0 Å². The van der Waals surface area contributed by atoms with Crippen LogP contribution in [0, 0.1) is 5.82 Å². The van der Waals surface area contributed by atoms with Gasteiger partial charge in [0.1, 0.15) is 5.75 Å². The van der Waals surface area contributed by atoms with Crippen LogP contribution in [-0.2, 0) is 4.79 Å². The lowest BCUT2D eigenvalue weighted by molar-refractivity contribution is -0.123. The van der Waals surface area contributed by atoms with E-state index < -0.39 is 24.2 Å². The van der Waals surface area contributed by atoms with Crippen molar-refractivity contribution in [1.82, 2.24) is 10.9 Å². The second kappa shape index (κ2) is 7.59. The molecule has 0 atom stereocenters. The lowest BCUT2D eigenvalue weighted by Crippen LogP contribution is -2.43. The molecule has 2 aromatic carbocycles. The van der Waals surface area contributed by atoms with E-state index in [0.29, 0.717) is 4.47 Å². The van der Waals surface area contributed by atoms with Crippen LogP contribution in [0.3, 0.4) is 0 Å². The summed E-state index contributed by atoms with van der Waals surface area (Å²) in [7, 11) is 0. The maximum Gasteiger partial charge on any atom is 0.276 e. The van der Waals surface area contributed by atoms with Gasteiger partial charge in [0.15, 0.2) is 18.2 Å². The fourth-order valence-electron chi connectivity index (χ4n) is 1.63. The highest BCUT2D eigenvalue weighted by Gasteiger charge is 2.12. The molecule has 2 rings (SSSR count). The van der Waals surface area contributed by atoms with Gasteiger partial charge >= 0.3 is 0 Å². The Bertz CT molecular complexity index is 739. The standard InChI is InChI=1S/C15H12BrFN2O4/c16-9-5-6-13(11(17)7-9)23-8-14(21)18-19-15(22)10-3-1-2-4-12(10)20/h1-7,20H,8H2,(H,18,21)(H,19,22). The summed E-state index contributed by atoms with van der Waals surface area (Å²) >= 11 is 3.10. The Morgan fingerprint density at radius 3 is 2.61 bits per heavy atom. The molecule has 0 saturated heterocycles. The predicted molar refractivity (Wildman–Crippen MR) is 83.3 cm³/mol. The molecule has 0 aliphatic carbocycles. The molecule has 0 radical (unpaired) electrons. The Hall–Kier alpha value is -2.61. The van der Waals surface area contributed by atoms with Gasteiger partial charge in [-0.05, 0) is 30.3 Å². The number of hydrogen-bond acceptors (Lipinski definition) is 4. The zero-order valence-corrected chi connectivity index (χ0v) is 13.3. The third-order valence-corrected chi connectivity index (χ3v) is 3.21. The summed E-state index contributed by atoms with van der Waals surface area (Å²) in [6, 6.07) is 10.00. The van der Waals surface area contributed by atoms with Crippen LogP contribution in [0.5, 0.6) is 11.5 Å². The second-order valence-electron chi connectivity index (χ2n) is 4.38. The van der Waals surface area contributed by atoms with Crippen molar-refractivity contribution >= 4 is 27.7 Å². The van der Waals surface area contributed by atoms with Crippen LogP contribution in [-0.4, -0.2) is 23.5 Å². The van der Waals surface area contributed by atoms with Crippen molar-refractivity contribution in [2.24, 2.45) is 0 Å². The molecule has 0 heterocycles. The maximum absolute atomic E-state index is 13.5. The number of rotatable bonds is 4. The number of para-hydroxylation sites is 1. The van der Waals surface area contributed by atoms with Gasteiger partial charge in [-0.15, -0.1) is 0 Å². The molecule has 0 unspecified atom stereocenters. The number of hydrogen-bond donors (Lipinski definition) is 3. The normalized spacial score (nSPS) is 10.0. The number of aromatic hydroxyl groups is 1. The Kier molecular flexibility index (Phi) is 5.53. The van der Waals surface area contributed by atoms with E-state index in [2.05, 4.69) is 26.8 Å². The fraction of sp³-hybridized carbons (Fsp3) is 0.0667. The summed E-state index contributed by atoms with van der Waals surface area (Å²) in [6.45, 7) is -0.487. The number of phenolic OH excluding ortho intramolecular Hbond substituents is 1. The van der Waals surface area contributed by atoms with E-state index in [0.717, 1.165) is 0 Å². The van der Waals surface area contributed by atoms with E-state index in [4.69, 9.17) is 4.74 Å². The molecule has 0 fully saturated rings. The number of halogens is 2. The van der Waals surface area contributed by atoms with Crippen LogP contribution in [0.25, 0.3) is 0 Å². The van der Waals surface area contributed by atoms with E-state index in [1.807, 2.05) is 0 Å². The molecule has 2 aromatic rings. The molecule has 0 aliphatic heterocycles. The minimum atomic E-state index is -0.689. The highest BCUT2D eigenvalue weighted by atomic mass is 79.9. The van der Waals surface area contributed by atoms with Crippen LogP contribution in [0.2, 0.25) is 0 Å². The van der Waals surface area contributed by atoms with Gasteiger partial charge in [-0.25, -0.2) is 4.39 Å². The van der Waals surface area contributed by atoms with Crippen molar-refractivity contribution in [3.63, 3.8) is 0 Å². The zero-order chi connectivity index (χ0) is 16.8. The summed E-state index contributed by atoms with van der Waals surface area (Å²) in [5.41, 5.74) is 4.23. The van der Waals surface area contributed by atoms with Gasteiger partial charge in [0.05, 0.1) is 5.56 Å². The summed E-state index contributed by atoms with van der Waals surface area (Å²) in [5.74, 6) is -2.30. The number of benzene rings is 2. The number of nitrogens with one attached hydrogen (secondary N) is 2. The van der Waals surface area contributed by atoms with Crippen molar-refractivity contribution in [1.29, 1.82) is 0 Å². The number of phenols is 1. The molecule has 0 bridgehead atoms. The molecule has 3 N–H and O–H groups in total. The van der Waals surface area contributed by atoms with Crippen LogP contribution in [0.1, 0.15) is 10.4 Å². The van der Waals surface area contributed by atoms with Crippen molar-refractivity contribution in [2.75, 3.05) is 6.61 Å². The van der Waals surface area contributed by atoms with Crippen LogP contribution >= 0.6 is 15.9 Å². The highest BCUT2D eigenvalue weighted by Crippen LogP contribution is 2.21. The molecule has 120 valence electrons. The summed E-state index contributed by atoms with van der Waals surface area (Å²) < 4.78 is 19.0. The monoisotopic (exact) mass is 382 g/mol. The molecular formula is C15H12BrFN2O4. The van der Waals surface area contributed by atoms with E-state index in [-0.39, 0.29) is 17.1 Å². The average molecular weight is 383 g/mol. The molecular weight excluding hydrogens is 371 g/mol. The van der Waals surface area contributed by atoms with Crippen molar-refractivity contribution < 1.29 is 23.8 Å². The van der Waals surface area contributed by atoms with Gasteiger partial charge in [-0.2, -0.15) is 0 Å². The lowest BCUT2D eigenvalue weighted by Gasteiger charge is -2.10. The summed E-state index contributed by atoms with van der Waals surface area (Å²) in [6.07, 6.45) is 0. The first-order valence-corrected chi connectivity index (χ1v) is 7.21. The molecule has 8 heteroatoms. The Balaban J connectivity index is 1.83. The van der Waals surface area contributed by atoms with Crippen LogP contribution in [0.4, 0.5) is 4.39 Å². The Morgan fingerprint density at radius 1 is 1.17 bits per heavy atom. The van der Waals surface area contributed by atoms with Gasteiger partial charge < -0.3 is 9.84 Å². The Morgan fingerprint density at radius 2 is 1.91 bits per heavy atom. The third kappa shape index (κ3) is 4.68. The number of hydrazine groups is 1. The van der Waals surface area contributed by atoms with Gasteiger partial charge in [0, 0.05) is 4.47 Å². The van der Waals surface area contributed by atoms with Crippen molar-refractivity contribution in [3.8, 4) is 11.5 Å². The molecule has 2 amide bonds. The van der Waals surface area contributed by atoms with E-state index >= 15 is 0 Å². The highest BCUT2D eigenvalue weighted by molar-refractivity contribution is 9.10. The maximum atomic E-state index is 13.5.